The molecule has 0 unspecified atom stereocenters. The van der Waals surface area contributed by atoms with E-state index in [0.717, 1.165) is 17.0 Å². The topological polar surface area (TPSA) is 66.9 Å². The largest absolute Gasteiger partial charge is 0.491 e. The number of carbonyl (C=O) groups excluding carboxylic acids is 3. The minimum atomic E-state index is -5.62. The molecule has 6 nitrogen and oxygen atoms in total. The van der Waals surface area contributed by atoms with Gasteiger partial charge in [-0.3, -0.25) is 9.69 Å². The van der Waals surface area contributed by atoms with Crippen LogP contribution < -0.4 is 0 Å². The van der Waals surface area contributed by atoms with Crippen molar-refractivity contribution in [3.05, 3.63) is 35.9 Å². The molecule has 2 aliphatic rings. The Labute approximate surface area is 186 Å². The molecule has 1 aromatic rings. The van der Waals surface area contributed by atoms with Crippen molar-refractivity contribution in [1.82, 2.24) is 9.80 Å². The van der Waals surface area contributed by atoms with Crippen molar-refractivity contribution in [3.63, 3.8) is 0 Å². The second-order valence-corrected chi connectivity index (χ2v) is 7.55. The zero-order chi connectivity index (χ0) is 25.9. The van der Waals surface area contributed by atoms with E-state index >= 15 is 0 Å². The molecule has 1 aromatic carbocycles. The van der Waals surface area contributed by atoms with Crippen molar-refractivity contribution in [3.8, 4) is 0 Å². The van der Waals surface area contributed by atoms with Crippen LogP contribution in [0.5, 0.6) is 0 Å². The maximum atomic E-state index is 12.6. The summed E-state index contributed by atoms with van der Waals surface area (Å²) in [6.07, 6.45) is -14.7. The van der Waals surface area contributed by atoms with E-state index in [0.29, 0.717) is 25.9 Å². The SMILES string of the molecule is O=C(N1CCN(Cc2ccccc2)CC12CC2)C(F)(F)F.O=C(OC(=O)C(F)(F)F)C(F)(F)F. The van der Waals surface area contributed by atoms with Crippen LogP contribution in [-0.2, 0) is 25.7 Å². The Balaban J connectivity index is 0.000000273. The predicted octanol–water partition coefficient (Wildman–Crippen LogP) is 3.61. The lowest BCUT2D eigenvalue weighted by molar-refractivity contribution is -0.221. The Kier molecular flexibility index (Phi) is 7.90. The fourth-order valence-electron chi connectivity index (χ4n) is 3.28. The highest BCUT2D eigenvalue weighted by molar-refractivity contribution is 5.90. The molecule has 190 valence electrons. The Bertz CT molecular complexity index is 870. The molecule has 1 saturated heterocycles. The highest BCUT2D eigenvalue weighted by atomic mass is 19.4. The van der Waals surface area contributed by atoms with Crippen LogP contribution in [0.1, 0.15) is 18.4 Å². The smallest absolute Gasteiger partial charge is 0.380 e. The van der Waals surface area contributed by atoms with Crippen LogP contribution in [0.15, 0.2) is 30.3 Å². The summed E-state index contributed by atoms with van der Waals surface area (Å²) in [4.78, 5) is 34.0. The zero-order valence-electron chi connectivity index (χ0n) is 17.1. The maximum Gasteiger partial charge on any atom is 0.491 e. The van der Waals surface area contributed by atoms with E-state index in [1.807, 2.05) is 30.3 Å². The van der Waals surface area contributed by atoms with Gasteiger partial charge < -0.3 is 9.64 Å². The number of halogens is 9. The van der Waals surface area contributed by atoms with Crippen LogP contribution in [0.4, 0.5) is 39.5 Å². The Morgan fingerprint density at radius 2 is 1.29 bits per heavy atom. The zero-order valence-corrected chi connectivity index (χ0v) is 17.1. The van der Waals surface area contributed by atoms with E-state index in [2.05, 4.69) is 9.64 Å². The first-order valence-electron chi connectivity index (χ1n) is 9.51. The van der Waals surface area contributed by atoms with E-state index in [1.54, 1.807) is 0 Å². The van der Waals surface area contributed by atoms with Crippen LogP contribution in [0, 0.1) is 0 Å². The summed E-state index contributed by atoms with van der Waals surface area (Å²) in [6, 6.07) is 9.85. The third kappa shape index (κ3) is 7.33. The monoisotopic (exact) mass is 508 g/mol. The number of esters is 2. The lowest BCUT2D eigenvalue weighted by Gasteiger charge is -2.42. The normalized spacial score (nSPS) is 18.1. The van der Waals surface area contributed by atoms with Gasteiger partial charge in [-0.15, -0.1) is 0 Å². The molecule has 1 aliphatic heterocycles. The minimum absolute atomic E-state index is 0.158. The first-order chi connectivity index (χ1) is 15.5. The molecule has 2 fully saturated rings. The van der Waals surface area contributed by atoms with Gasteiger partial charge in [-0.05, 0) is 18.4 Å². The van der Waals surface area contributed by atoms with Gasteiger partial charge in [-0.2, -0.15) is 39.5 Å². The summed E-state index contributed by atoms with van der Waals surface area (Å²) in [5, 5.41) is 0. The van der Waals surface area contributed by atoms with Crippen molar-refractivity contribution in [2.24, 2.45) is 0 Å². The summed E-state index contributed by atoms with van der Waals surface area (Å²) in [6.45, 7) is 1.89. The third-order valence-electron chi connectivity index (χ3n) is 4.94. The summed E-state index contributed by atoms with van der Waals surface area (Å²) in [5.41, 5.74) is 0.559. The second kappa shape index (κ2) is 9.80. The molecule has 1 aliphatic carbocycles. The van der Waals surface area contributed by atoms with Crippen molar-refractivity contribution < 1.29 is 58.6 Å². The molecule has 1 spiro atoms. The molecule has 0 N–H and O–H groups in total. The predicted molar refractivity (Wildman–Crippen MR) is 94.7 cm³/mol. The van der Waals surface area contributed by atoms with E-state index in [9.17, 15) is 53.9 Å². The molecule has 0 radical (unpaired) electrons. The number of piperazine rings is 1. The van der Waals surface area contributed by atoms with Crippen LogP contribution in [0.3, 0.4) is 0 Å². The molecule has 15 heteroatoms. The van der Waals surface area contributed by atoms with E-state index < -0.39 is 41.9 Å². The Morgan fingerprint density at radius 3 is 1.71 bits per heavy atom. The van der Waals surface area contributed by atoms with Crippen LogP contribution in [0.2, 0.25) is 0 Å². The average molecular weight is 508 g/mol. The number of benzene rings is 1. The fourth-order valence-corrected chi connectivity index (χ4v) is 3.28. The fraction of sp³-hybridized carbons (Fsp3) is 0.526. The summed E-state index contributed by atoms with van der Waals surface area (Å²) in [5.74, 6) is -8.08. The molecule has 0 aromatic heterocycles. The second-order valence-electron chi connectivity index (χ2n) is 7.55. The number of amides is 1. The highest BCUT2D eigenvalue weighted by Gasteiger charge is 2.58. The van der Waals surface area contributed by atoms with Gasteiger partial charge >= 0.3 is 36.4 Å². The van der Waals surface area contributed by atoms with Gasteiger partial charge in [0.2, 0.25) is 0 Å². The molecule has 1 amide bonds. The van der Waals surface area contributed by atoms with Gasteiger partial charge in [0, 0.05) is 26.2 Å². The highest BCUT2D eigenvalue weighted by Crippen LogP contribution is 2.45. The number of alkyl halides is 9. The van der Waals surface area contributed by atoms with Crippen LogP contribution in [-0.4, -0.2) is 71.3 Å². The van der Waals surface area contributed by atoms with Gasteiger partial charge in [0.15, 0.2) is 0 Å². The summed E-state index contributed by atoms with van der Waals surface area (Å²) in [7, 11) is 0. The summed E-state index contributed by atoms with van der Waals surface area (Å²) < 4.78 is 108. The Hall–Kier alpha value is -2.84. The number of carbonyl (C=O) groups is 3. The van der Waals surface area contributed by atoms with Crippen molar-refractivity contribution in [2.75, 3.05) is 19.6 Å². The standard InChI is InChI=1S/C15H17F3N2O.C4F6O3/c16-15(17,18)13(21)20-9-8-19(11-14(20)6-7-14)10-12-4-2-1-3-5-12;5-3(6,7)1(11)13-2(12)4(8,9)10/h1-5H,6-11H2;. The number of hydrogen-bond donors (Lipinski definition) is 0. The van der Waals surface area contributed by atoms with Gasteiger partial charge in [-0.1, -0.05) is 30.3 Å². The van der Waals surface area contributed by atoms with Gasteiger partial charge in [0.05, 0.1) is 5.54 Å². The number of nitrogens with zero attached hydrogens (tertiary/aromatic N) is 2. The van der Waals surface area contributed by atoms with Gasteiger partial charge in [0.25, 0.3) is 0 Å². The quantitative estimate of drug-likeness (QED) is 0.347. The molecule has 1 heterocycles. The van der Waals surface area contributed by atoms with E-state index in [-0.39, 0.29) is 6.54 Å². The average Bonchev–Trinajstić information content (AvgIpc) is 3.46. The lowest BCUT2D eigenvalue weighted by atomic mass is 10.1. The van der Waals surface area contributed by atoms with Crippen LogP contribution in [0.25, 0.3) is 0 Å². The number of hydrogen-bond acceptors (Lipinski definition) is 5. The van der Waals surface area contributed by atoms with Crippen molar-refractivity contribution in [2.45, 2.75) is 43.5 Å². The van der Waals surface area contributed by atoms with E-state index in [1.165, 1.54) is 0 Å². The molecule has 1 saturated carbocycles. The van der Waals surface area contributed by atoms with Crippen molar-refractivity contribution >= 4 is 17.8 Å². The number of ether oxygens (including phenoxy) is 1. The Morgan fingerprint density at radius 1 is 0.794 bits per heavy atom. The van der Waals surface area contributed by atoms with E-state index in [4.69, 9.17) is 0 Å². The molecular weight excluding hydrogens is 491 g/mol. The van der Waals surface area contributed by atoms with Gasteiger partial charge in [0.1, 0.15) is 0 Å². The molecular formula is C19H17F9N2O4. The van der Waals surface area contributed by atoms with Gasteiger partial charge in [-0.25, -0.2) is 9.59 Å². The number of rotatable bonds is 2. The maximum absolute atomic E-state index is 12.6. The minimum Gasteiger partial charge on any atom is -0.380 e. The lowest BCUT2D eigenvalue weighted by Crippen LogP contribution is -2.59. The summed E-state index contributed by atoms with van der Waals surface area (Å²) >= 11 is 0. The third-order valence-corrected chi connectivity index (χ3v) is 4.94. The molecule has 34 heavy (non-hydrogen) atoms. The molecule has 3 rings (SSSR count). The van der Waals surface area contributed by atoms with Crippen LogP contribution >= 0.6 is 0 Å². The molecule has 0 bridgehead atoms. The first kappa shape index (κ1) is 27.4. The first-order valence-corrected chi connectivity index (χ1v) is 9.51. The molecule has 0 atom stereocenters. The van der Waals surface area contributed by atoms with Crippen molar-refractivity contribution in [1.29, 1.82) is 0 Å².